The third-order valence-corrected chi connectivity index (χ3v) is 6.22. The van der Waals surface area contributed by atoms with E-state index in [4.69, 9.17) is 0 Å². The molecule has 24 heavy (non-hydrogen) atoms. The second-order valence-electron chi connectivity index (χ2n) is 7.35. The Morgan fingerprint density at radius 1 is 1.17 bits per heavy atom. The molecule has 3 aliphatic rings. The van der Waals surface area contributed by atoms with E-state index in [1.807, 2.05) is 12.4 Å². The number of aromatic nitrogens is 2. The lowest BCUT2D eigenvalue weighted by Gasteiger charge is -2.34. The van der Waals surface area contributed by atoms with Crippen LogP contribution in [0.2, 0.25) is 0 Å². The zero-order valence-corrected chi connectivity index (χ0v) is 13.3. The topological polar surface area (TPSA) is 46.1 Å². The van der Waals surface area contributed by atoms with Gasteiger partial charge in [-0.3, -0.25) is 9.78 Å². The van der Waals surface area contributed by atoms with Crippen molar-refractivity contribution in [2.45, 2.75) is 42.6 Å². The van der Waals surface area contributed by atoms with Crippen LogP contribution >= 0.6 is 0 Å². The summed E-state index contributed by atoms with van der Waals surface area (Å²) in [6, 6.07) is 7.29. The van der Waals surface area contributed by atoms with E-state index < -0.39 is 5.95 Å². The Kier molecular flexibility index (Phi) is 2.71. The molecule has 0 spiro atoms. The summed E-state index contributed by atoms with van der Waals surface area (Å²) >= 11 is 0. The maximum absolute atomic E-state index is 13.0. The SMILES string of the molecule is O=C1CC(c2ccc(F)nc2)CCN1C12CC1(c1ccncc1)C2. The van der Waals surface area contributed by atoms with Gasteiger partial charge in [0.15, 0.2) is 0 Å². The van der Waals surface area contributed by atoms with Gasteiger partial charge in [-0.15, -0.1) is 0 Å². The van der Waals surface area contributed by atoms with Gasteiger partial charge in [-0.1, -0.05) is 6.07 Å². The molecule has 122 valence electrons. The molecule has 0 bridgehead atoms. The Labute approximate surface area is 139 Å². The summed E-state index contributed by atoms with van der Waals surface area (Å²) in [6.45, 7) is 0.785. The predicted octanol–water partition coefficient (Wildman–Crippen LogP) is 2.81. The van der Waals surface area contributed by atoms with E-state index in [0.29, 0.717) is 6.42 Å². The third-order valence-electron chi connectivity index (χ3n) is 6.22. The summed E-state index contributed by atoms with van der Waals surface area (Å²) in [5.41, 5.74) is 2.54. The molecule has 4 nitrogen and oxygen atoms in total. The number of piperidine rings is 1. The van der Waals surface area contributed by atoms with Crippen molar-refractivity contribution in [1.29, 1.82) is 0 Å². The zero-order chi connectivity index (χ0) is 16.4. The van der Waals surface area contributed by atoms with Gasteiger partial charge in [0.05, 0.1) is 5.54 Å². The number of hydrogen-bond donors (Lipinski definition) is 0. The normalized spacial score (nSPS) is 34.0. The van der Waals surface area contributed by atoms with E-state index in [-0.39, 0.29) is 22.8 Å². The maximum Gasteiger partial charge on any atom is 0.223 e. The van der Waals surface area contributed by atoms with E-state index in [0.717, 1.165) is 31.4 Å². The first-order chi connectivity index (χ1) is 11.6. The Morgan fingerprint density at radius 2 is 1.96 bits per heavy atom. The van der Waals surface area contributed by atoms with E-state index in [2.05, 4.69) is 27.0 Å². The first-order valence-corrected chi connectivity index (χ1v) is 8.47. The molecule has 3 heterocycles. The highest BCUT2D eigenvalue weighted by atomic mass is 19.1. The summed E-state index contributed by atoms with van der Waals surface area (Å²) in [4.78, 5) is 22.7. The fraction of sp³-hybridized carbons (Fsp3) is 0.421. The largest absolute Gasteiger partial charge is 0.336 e. The average molecular weight is 323 g/mol. The Bertz CT molecular complexity index is 799. The van der Waals surface area contributed by atoms with Crippen molar-refractivity contribution in [3.05, 3.63) is 59.9 Å². The summed E-state index contributed by atoms with van der Waals surface area (Å²) in [7, 11) is 0. The molecule has 2 saturated carbocycles. The summed E-state index contributed by atoms with van der Waals surface area (Å²) in [5, 5.41) is 0. The van der Waals surface area contributed by atoms with Crippen molar-refractivity contribution < 1.29 is 9.18 Å². The molecule has 1 amide bonds. The van der Waals surface area contributed by atoms with Gasteiger partial charge in [0.1, 0.15) is 0 Å². The Morgan fingerprint density at radius 3 is 2.62 bits per heavy atom. The van der Waals surface area contributed by atoms with Gasteiger partial charge in [-0.25, -0.2) is 4.98 Å². The number of halogens is 1. The highest BCUT2D eigenvalue weighted by Crippen LogP contribution is 2.81. The van der Waals surface area contributed by atoms with Gasteiger partial charge in [-0.2, -0.15) is 4.39 Å². The molecule has 0 radical (unpaired) electrons. The first-order valence-electron chi connectivity index (χ1n) is 8.47. The minimum absolute atomic E-state index is 0.0669. The number of likely N-dealkylation sites (tertiary alicyclic amines) is 1. The molecule has 1 saturated heterocycles. The van der Waals surface area contributed by atoms with E-state index >= 15 is 0 Å². The van der Waals surface area contributed by atoms with Gasteiger partial charge >= 0.3 is 0 Å². The highest BCUT2D eigenvalue weighted by Gasteiger charge is 2.86. The highest BCUT2D eigenvalue weighted by molar-refractivity contribution is 5.82. The van der Waals surface area contributed by atoms with Crippen LogP contribution in [0.15, 0.2) is 42.9 Å². The van der Waals surface area contributed by atoms with Crippen molar-refractivity contribution in [2.24, 2.45) is 0 Å². The van der Waals surface area contributed by atoms with Crippen LogP contribution in [0.1, 0.15) is 42.7 Å². The maximum atomic E-state index is 13.0. The number of hydrogen-bond acceptors (Lipinski definition) is 3. The Hall–Kier alpha value is -2.30. The lowest BCUT2D eigenvalue weighted by molar-refractivity contribution is -0.135. The van der Waals surface area contributed by atoms with Crippen LogP contribution in [0, 0.1) is 5.95 Å². The zero-order valence-electron chi connectivity index (χ0n) is 13.3. The van der Waals surface area contributed by atoms with Crippen LogP contribution in [-0.2, 0) is 10.2 Å². The van der Waals surface area contributed by atoms with Gasteiger partial charge in [0.2, 0.25) is 11.9 Å². The van der Waals surface area contributed by atoms with Gasteiger partial charge < -0.3 is 4.90 Å². The number of carbonyl (C=O) groups is 1. The molecule has 1 unspecified atom stereocenters. The number of fused-ring (bicyclic) bond motifs is 1. The molecule has 3 fully saturated rings. The molecule has 5 rings (SSSR count). The predicted molar refractivity (Wildman–Crippen MR) is 85.8 cm³/mol. The summed E-state index contributed by atoms with van der Waals surface area (Å²) < 4.78 is 13.0. The molecule has 5 heteroatoms. The molecule has 1 atom stereocenters. The van der Waals surface area contributed by atoms with Crippen molar-refractivity contribution in [3.63, 3.8) is 0 Å². The van der Waals surface area contributed by atoms with Crippen LogP contribution in [-0.4, -0.2) is 32.9 Å². The van der Waals surface area contributed by atoms with Crippen LogP contribution in [0.4, 0.5) is 4.39 Å². The van der Waals surface area contributed by atoms with Crippen molar-refractivity contribution >= 4 is 5.91 Å². The minimum atomic E-state index is -0.473. The number of amides is 1. The van der Waals surface area contributed by atoms with E-state index in [1.54, 1.807) is 12.3 Å². The number of pyridine rings is 2. The molecular formula is C19H18FN3O. The van der Waals surface area contributed by atoms with Crippen molar-refractivity contribution in [2.75, 3.05) is 6.54 Å². The number of rotatable bonds is 3. The molecule has 2 aliphatic carbocycles. The first kappa shape index (κ1) is 14.1. The van der Waals surface area contributed by atoms with Crippen LogP contribution < -0.4 is 0 Å². The smallest absolute Gasteiger partial charge is 0.223 e. The van der Waals surface area contributed by atoms with Crippen LogP contribution in [0.3, 0.4) is 0 Å². The van der Waals surface area contributed by atoms with Crippen LogP contribution in [0.25, 0.3) is 0 Å². The quantitative estimate of drug-likeness (QED) is 0.816. The monoisotopic (exact) mass is 323 g/mol. The summed E-state index contributed by atoms with van der Waals surface area (Å²) in [6.07, 6.45) is 8.82. The van der Waals surface area contributed by atoms with Crippen molar-refractivity contribution in [3.8, 4) is 0 Å². The van der Waals surface area contributed by atoms with E-state index in [9.17, 15) is 9.18 Å². The Balaban J connectivity index is 1.32. The number of nitrogens with zero attached hydrogens (tertiary/aromatic N) is 3. The lowest BCUT2D eigenvalue weighted by atomic mass is 9.89. The van der Waals surface area contributed by atoms with Gasteiger partial charge in [0, 0.05) is 37.0 Å². The lowest BCUT2D eigenvalue weighted by Crippen LogP contribution is -2.43. The van der Waals surface area contributed by atoms with Gasteiger partial charge in [0.25, 0.3) is 0 Å². The standard InChI is InChI=1S/C19H18FN3O/c20-16-2-1-14(10-22-16)13-5-8-23(17(24)9-13)19-11-18(19,12-19)15-3-6-21-7-4-15/h1-4,6-7,10,13H,5,8-9,11-12H2. The second-order valence-corrected chi connectivity index (χ2v) is 7.35. The van der Waals surface area contributed by atoms with Gasteiger partial charge in [-0.05, 0) is 54.5 Å². The number of carbonyl (C=O) groups excluding carboxylic acids is 1. The molecule has 0 N–H and O–H groups in total. The van der Waals surface area contributed by atoms with Crippen LogP contribution in [0.5, 0.6) is 0 Å². The summed E-state index contributed by atoms with van der Waals surface area (Å²) in [5.74, 6) is -0.0884. The third kappa shape index (κ3) is 1.81. The molecular weight excluding hydrogens is 305 g/mol. The molecule has 2 aromatic rings. The molecule has 0 aromatic carbocycles. The molecule has 2 aromatic heterocycles. The molecule has 1 aliphatic heterocycles. The van der Waals surface area contributed by atoms with Crippen molar-refractivity contribution in [1.82, 2.24) is 14.9 Å². The second kappa shape index (κ2) is 4.62. The average Bonchev–Trinajstić information content (AvgIpc) is 3.44. The fourth-order valence-electron chi connectivity index (χ4n) is 4.65. The fourth-order valence-corrected chi connectivity index (χ4v) is 4.65. The minimum Gasteiger partial charge on any atom is -0.336 e. The van der Waals surface area contributed by atoms with E-state index in [1.165, 1.54) is 11.6 Å².